The molecule has 5 rings (SSSR count). The molecule has 40 heavy (non-hydrogen) atoms. The third-order valence-corrected chi connectivity index (χ3v) is 12.3. The Kier molecular flexibility index (Phi) is 9.08. The van der Waals surface area contributed by atoms with Crippen molar-refractivity contribution in [3.05, 3.63) is 47.5 Å². The van der Waals surface area contributed by atoms with Crippen LogP contribution in [0.5, 0.6) is 0 Å². The first-order chi connectivity index (χ1) is 19.0. The summed E-state index contributed by atoms with van der Waals surface area (Å²) in [5.74, 6) is 5.19. The highest BCUT2D eigenvalue weighted by atomic mass is 35.5. The highest BCUT2D eigenvalue weighted by Gasteiger charge is 2.68. The second kappa shape index (κ2) is 12.1. The van der Waals surface area contributed by atoms with E-state index >= 15 is 0 Å². The first-order valence-electron chi connectivity index (χ1n) is 16.3. The van der Waals surface area contributed by atoms with Gasteiger partial charge in [-0.05, 0) is 116 Å². The zero-order valence-corrected chi connectivity index (χ0v) is 26.7. The minimum atomic E-state index is -0.857. The Balaban J connectivity index is 1.69. The molecule has 222 valence electrons. The van der Waals surface area contributed by atoms with E-state index in [4.69, 9.17) is 11.6 Å². The Morgan fingerprint density at radius 3 is 1.98 bits per heavy atom. The molecule has 0 bridgehead atoms. The van der Waals surface area contributed by atoms with Crippen LogP contribution < -0.4 is 0 Å². The van der Waals surface area contributed by atoms with Gasteiger partial charge in [0.05, 0.1) is 12.1 Å². The summed E-state index contributed by atoms with van der Waals surface area (Å²) < 4.78 is 1.95. The van der Waals surface area contributed by atoms with E-state index in [0.29, 0.717) is 53.9 Å². The summed E-state index contributed by atoms with van der Waals surface area (Å²) in [6.45, 7) is 15.3. The Hall–Kier alpha value is -1.39. The molecule has 3 aliphatic carbocycles. The van der Waals surface area contributed by atoms with Crippen molar-refractivity contribution in [1.82, 2.24) is 14.8 Å². The van der Waals surface area contributed by atoms with E-state index in [1.54, 1.807) is 6.33 Å². The average Bonchev–Trinajstić information content (AvgIpc) is 3.51. The zero-order valence-electron chi connectivity index (χ0n) is 25.9. The van der Waals surface area contributed by atoms with Crippen molar-refractivity contribution in [2.24, 2.45) is 58.7 Å². The van der Waals surface area contributed by atoms with Crippen molar-refractivity contribution >= 4 is 11.6 Å². The van der Waals surface area contributed by atoms with Crippen LogP contribution in [0.3, 0.4) is 0 Å². The van der Waals surface area contributed by atoms with Crippen molar-refractivity contribution in [3.8, 4) is 0 Å². The molecule has 3 fully saturated rings. The first kappa shape index (κ1) is 30.1. The maximum Gasteiger partial charge on any atom is 0.137 e. The van der Waals surface area contributed by atoms with Crippen LogP contribution in [0.25, 0.3) is 0 Å². The number of aromatic nitrogens is 3. The molecule has 4 nitrogen and oxygen atoms in total. The number of benzene rings is 1. The lowest BCUT2D eigenvalue weighted by atomic mass is 9.45. The minimum Gasteiger partial charge on any atom is -0.387 e. The maximum atomic E-state index is 13.7. The van der Waals surface area contributed by atoms with Gasteiger partial charge < -0.3 is 5.11 Å². The Morgan fingerprint density at radius 1 is 0.900 bits per heavy atom. The van der Waals surface area contributed by atoms with Gasteiger partial charge in [-0.15, -0.1) is 0 Å². The second-order valence-corrected chi connectivity index (χ2v) is 15.4. The molecule has 8 unspecified atom stereocenters. The molecule has 3 saturated carbocycles. The molecule has 2 aromatic rings. The second-order valence-electron chi connectivity index (χ2n) is 15.0. The van der Waals surface area contributed by atoms with Crippen LogP contribution in [0.2, 0.25) is 5.02 Å². The lowest BCUT2D eigenvalue weighted by Gasteiger charge is -2.61. The summed E-state index contributed by atoms with van der Waals surface area (Å²) in [5.41, 5.74) is 0.282. The fraction of sp³-hybridized carbons (Fsp3) is 0.771. The molecule has 0 saturated heterocycles. The van der Waals surface area contributed by atoms with Crippen LogP contribution in [-0.2, 0) is 13.0 Å². The van der Waals surface area contributed by atoms with Gasteiger partial charge >= 0.3 is 0 Å². The minimum absolute atomic E-state index is 0.136. The van der Waals surface area contributed by atoms with Gasteiger partial charge in [-0.3, -0.25) is 4.68 Å². The van der Waals surface area contributed by atoms with Gasteiger partial charge in [0.2, 0.25) is 0 Å². The van der Waals surface area contributed by atoms with Gasteiger partial charge in [-0.1, -0.05) is 78.1 Å². The van der Waals surface area contributed by atoms with Crippen molar-refractivity contribution in [2.45, 2.75) is 111 Å². The molecule has 1 aromatic heterocycles. The Morgan fingerprint density at radius 2 is 1.48 bits per heavy atom. The molecule has 3 aliphatic rings. The van der Waals surface area contributed by atoms with Crippen LogP contribution in [0.15, 0.2) is 36.9 Å². The van der Waals surface area contributed by atoms with Crippen molar-refractivity contribution in [2.75, 3.05) is 0 Å². The molecule has 0 radical (unpaired) electrons. The number of nitrogens with zero attached hydrogens (tertiary/aromatic N) is 3. The Labute approximate surface area is 248 Å². The molecule has 0 aliphatic heterocycles. The molecule has 1 N–H and O–H groups in total. The smallest absolute Gasteiger partial charge is 0.137 e. The van der Waals surface area contributed by atoms with Gasteiger partial charge in [0.25, 0.3) is 0 Å². The third-order valence-electron chi connectivity index (χ3n) is 12.0. The van der Waals surface area contributed by atoms with Gasteiger partial charge in [0.1, 0.15) is 12.7 Å². The van der Waals surface area contributed by atoms with E-state index in [-0.39, 0.29) is 11.3 Å². The first-order valence-corrected chi connectivity index (χ1v) is 16.7. The zero-order chi connectivity index (χ0) is 28.7. The quantitative estimate of drug-likeness (QED) is 0.347. The molecule has 1 heterocycles. The van der Waals surface area contributed by atoms with E-state index in [2.05, 4.69) is 63.8 Å². The topological polar surface area (TPSA) is 50.9 Å². The fourth-order valence-electron chi connectivity index (χ4n) is 10.1. The highest BCUT2D eigenvalue weighted by Crippen LogP contribution is 2.68. The van der Waals surface area contributed by atoms with Gasteiger partial charge in [-0.2, -0.15) is 5.10 Å². The van der Waals surface area contributed by atoms with E-state index in [9.17, 15) is 5.11 Å². The SMILES string of the molecule is CC1CCC(C(C)C)C(C2(C3CC(C)CCC3C(C)C)CCC(Cc3ccc(Cl)cc3)C2(O)Cn2cncn2)C1. The number of hydrogen-bond donors (Lipinski definition) is 1. The van der Waals surface area contributed by atoms with E-state index in [1.165, 1.54) is 44.1 Å². The van der Waals surface area contributed by atoms with E-state index < -0.39 is 5.60 Å². The summed E-state index contributed by atoms with van der Waals surface area (Å²) in [4.78, 5) is 4.32. The fourth-order valence-corrected chi connectivity index (χ4v) is 10.3. The average molecular weight is 568 g/mol. The summed E-state index contributed by atoms with van der Waals surface area (Å²) in [6.07, 6.45) is 14.2. The van der Waals surface area contributed by atoms with Crippen LogP contribution in [0.4, 0.5) is 0 Å². The summed E-state index contributed by atoms with van der Waals surface area (Å²) in [6, 6.07) is 8.34. The maximum absolute atomic E-state index is 13.7. The van der Waals surface area contributed by atoms with E-state index in [1.807, 2.05) is 23.1 Å². The van der Waals surface area contributed by atoms with Gasteiger partial charge in [0, 0.05) is 10.4 Å². The number of rotatable bonds is 8. The van der Waals surface area contributed by atoms with Crippen molar-refractivity contribution < 1.29 is 5.11 Å². The monoisotopic (exact) mass is 567 g/mol. The van der Waals surface area contributed by atoms with Crippen LogP contribution >= 0.6 is 11.6 Å². The van der Waals surface area contributed by atoms with E-state index in [0.717, 1.165) is 24.3 Å². The standard InChI is InChI=1S/C35H54ClN3O/c1-23(2)30-13-7-25(5)17-32(30)34(33-18-26(6)8-14-31(33)24(3)4)16-15-28(19-27-9-11-29(36)12-10-27)35(34,40)20-39-22-37-21-38-39/h9-12,21-26,28,30-33,40H,7-8,13-20H2,1-6H3. The predicted octanol–water partition coefficient (Wildman–Crippen LogP) is 8.72. The number of aliphatic hydroxyl groups is 1. The molecule has 8 atom stereocenters. The van der Waals surface area contributed by atoms with Crippen LogP contribution in [-0.4, -0.2) is 25.5 Å². The lowest BCUT2D eigenvalue weighted by Crippen LogP contribution is -2.63. The third kappa shape index (κ3) is 5.53. The summed E-state index contributed by atoms with van der Waals surface area (Å²) in [7, 11) is 0. The van der Waals surface area contributed by atoms with Crippen LogP contribution in [0.1, 0.15) is 98.5 Å². The summed E-state index contributed by atoms with van der Waals surface area (Å²) in [5, 5.41) is 19.1. The van der Waals surface area contributed by atoms with Crippen LogP contribution in [0, 0.1) is 58.7 Å². The normalized spacial score (nSPS) is 38.8. The molecule has 0 amide bonds. The molecular formula is C35H54ClN3O. The summed E-state index contributed by atoms with van der Waals surface area (Å²) >= 11 is 6.28. The van der Waals surface area contributed by atoms with Gasteiger partial charge in [-0.25, -0.2) is 4.98 Å². The van der Waals surface area contributed by atoms with Gasteiger partial charge in [0.15, 0.2) is 0 Å². The molecular weight excluding hydrogens is 514 g/mol. The largest absolute Gasteiger partial charge is 0.387 e. The number of hydrogen-bond acceptors (Lipinski definition) is 3. The molecule has 1 aromatic carbocycles. The predicted molar refractivity (Wildman–Crippen MR) is 165 cm³/mol. The molecule has 0 spiro atoms. The number of halogens is 1. The Bertz CT molecular complexity index is 1050. The molecule has 5 heteroatoms. The highest BCUT2D eigenvalue weighted by molar-refractivity contribution is 6.30. The van der Waals surface area contributed by atoms with Crippen molar-refractivity contribution in [1.29, 1.82) is 0 Å². The van der Waals surface area contributed by atoms with Crippen molar-refractivity contribution in [3.63, 3.8) is 0 Å². The lowest BCUT2D eigenvalue weighted by molar-refractivity contribution is -0.202.